The molecule has 0 radical (unpaired) electrons. The summed E-state index contributed by atoms with van der Waals surface area (Å²) >= 11 is 12.0. The molecule has 0 aliphatic carbocycles. The van der Waals surface area contributed by atoms with Crippen molar-refractivity contribution in [1.29, 1.82) is 0 Å². The number of likely N-dealkylation sites (tertiary alicyclic amines) is 1. The number of benzene rings is 1. The Morgan fingerprint density at radius 2 is 1.95 bits per heavy atom. The van der Waals surface area contributed by atoms with E-state index >= 15 is 0 Å². The zero-order valence-electron chi connectivity index (χ0n) is 11.6. The molecule has 1 N–H and O–H groups in total. The van der Waals surface area contributed by atoms with Crippen LogP contribution < -0.4 is 5.32 Å². The molecule has 0 spiro atoms. The summed E-state index contributed by atoms with van der Waals surface area (Å²) in [6.45, 7) is 7.97. The maximum Gasteiger partial charge on any atom is 0.0595 e. The smallest absolute Gasteiger partial charge is 0.0595 e. The van der Waals surface area contributed by atoms with Crippen molar-refractivity contribution in [3.05, 3.63) is 33.8 Å². The van der Waals surface area contributed by atoms with E-state index in [-0.39, 0.29) is 0 Å². The van der Waals surface area contributed by atoms with Gasteiger partial charge in [-0.05, 0) is 57.1 Å². The Hall–Kier alpha value is -0.280. The maximum absolute atomic E-state index is 6.07. The Balaban J connectivity index is 1.90. The summed E-state index contributed by atoms with van der Waals surface area (Å²) in [7, 11) is 0. The normalized spacial score (nSPS) is 19.6. The van der Waals surface area contributed by atoms with Crippen LogP contribution in [0.4, 0.5) is 0 Å². The highest BCUT2D eigenvalue weighted by Gasteiger charge is 2.20. The van der Waals surface area contributed by atoms with Gasteiger partial charge in [0, 0.05) is 12.1 Å². The Labute approximate surface area is 126 Å². The molecule has 0 bridgehead atoms. The molecule has 4 heteroatoms. The van der Waals surface area contributed by atoms with Gasteiger partial charge in [-0.1, -0.05) is 36.2 Å². The van der Waals surface area contributed by atoms with Crippen molar-refractivity contribution in [3.8, 4) is 0 Å². The van der Waals surface area contributed by atoms with Crippen LogP contribution in [0.25, 0.3) is 0 Å². The minimum Gasteiger partial charge on any atom is -0.307 e. The number of nitrogens with zero attached hydrogens (tertiary/aromatic N) is 1. The Morgan fingerprint density at radius 1 is 1.26 bits per heavy atom. The molecule has 1 saturated heterocycles. The summed E-state index contributed by atoms with van der Waals surface area (Å²) in [5.74, 6) is 0. The fourth-order valence-corrected chi connectivity index (χ4v) is 2.95. The van der Waals surface area contributed by atoms with Crippen LogP contribution in [0, 0.1) is 0 Å². The topological polar surface area (TPSA) is 15.3 Å². The van der Waals surface area contributed by atoms with Gasteiger partial charge in [-0.25, -0.2) is 0 Å². The molecule has 19 heavy (non-hydrogen) atoms. The first-order valence-electron chi connectivity index (χ1n) is 7.03. The highest BCUT2D eigenvalue weighted by molar-refractivity contribution is 6.42. The molecule has 1 fully saturated rings. The van der Waals surface area contributed by atoms with Crippen molar-refractivity contribution in [2.45, 2.75) is 38.8 Å². The Morgan fingerprint density at radius 3 is 2.53 bits per heavy atom. The lowest BCUT2D eigenvalue weighted by atomic mass is 10.0. The quantitative estimate of drug-likeness (QED) is 0.899. The molecule has 1 aliphatic heterocycles. The third kappa shape index (κ3) is 4.09. The van der Waals surface area contributed by atoms with Crippen molar-refractivity contribution < 1.29 is 0 Å². The number of hydrogen-bond acceptors (Lipinski definition) is 2. The molecule has 0 aromatic heterocycles. The van der Waals surface area contributed by atoms with Gasteiger partial charge < -0.3 is 10.2 Å². The molecule has 0 amide bonds. The summed E-state index contributed by atoms with van der Waals surface area (Å²) in [5.41, 5.74) is 1.20. The Kier molecular flexibility index (Phi) is 5.52. The first-order chi connectivity index (χ1) is 9.10. The zero-order chi connectivity index (χ0) is 13.8. The third-order valence-electron chi connectivity index (χ3n) is 3.96. The van der Waals surface area contributed by atoms with E-state index in [1.807, 2.05) is 18.2 Å². The molecule has 1 aliphatic rings. The number of nitrogens with one attached hydrogen (secondary N) is 1. The SMILES string of the molecule is CCN1CCC(NC(C)c2ccc(Cl)c(Cl)c2)CC1. The molecule has 1 unspecified atom stereocenters. The Bertz CT molecular complexity index is 415. The number of piperidine rings is 1. The van der Waals surface area contributed by atoms with Gasteiger partial charge in [0.2, 0.25) is 0 Å². The van der Waals surface area contributed by atoms with E-state index in [0.717, 1.165) is 6.54 Å². The van der Waals surface area contributed by atoms with Crippen LogP contribution in [-0.2, 0) is 0 Å². The van der Waals surface area contributed by atoms with Crippen LogP contribution in [0.1, 0.15) is 38.3 Å². The van der Waals surface area contributed by atoms with Gasteiger partial charge in [-0.3, -0.25) is 0 Å². The molecule has 1 aromatic carbocycles. The van der Waals surface area contributed by atoms with Gasteiger partial charge in [0.25, 0.3) is 0 Å². The van der Waals surface area contributed by atoms with Gasteiger partial charge in [0.1, 0.15) is 0 Å². The standard InChI is InChI=1S/C15H22Cl2N2/c1-3-19-8-6-13(7-9-19)18-11(2)12-4-5-14(16)15(17)10-12/h4-5,10-11,13,18H,3,6-9H2,1-2H3. The molecular formula is C15H22Cl2N2. The molecule has 106 valence electrons. The van der Waals surface area contributed by atoms with E-state index in [2.05, 4.69) is 24.1 Å². The van der Waals surface area contributed by atoms with Gasteiger partial charge in [-0.15, -0.1) is 0 Å². The predicted octanol–water partition coefficient (Wildman–Crippen LogP) is 4.13. The van der Waals surface area contributed by atoms with E-state index in [9.17, 15) is 0 Å². The average molecular weight is 301 g/mol. The largest absolute Gasteiger partial charge is 0.307 e. The summed E-state index contributed by atoms with van der Waals surface area (Å²) in [6.07, 6.45) is 2.44. The van der Waals surface area contributed by atoms with Crippen molar-refractivity contribution in [2.24, 2.45) is 0 Å². The van der Waals surface area contributed by atoms with Crippen molar-refractivity contribution in [3.63, 3.8) is 0 Å². The van der Waals surface area contributed by atoms with Crippen LogP contribution >= 0.6 is 23.2 Å². The van der Waals surface area contributed by atoms with Crippen LogP contribution in [0.3, 0.4) is 0 Å². The highest BCUT2D eigenvalue weighted by Crippen LogP contribution is 2.26. The van der Waals surface area contributed by atoms with E-state index < -0.39 is 0 Å². The first kappa shape index (κ1) is 15.1. The fraction of sp³-hybridized carbons (Fsp3) is 0.600. The van der Waals surface area contributed by atoms with E-state index in [1.54, 1.807) is 0 Å². The summed E-state index contributed by atoms with van der Waals surface area (Å²) in [4.78, 5) is 2.50. The molecule has 1 atom stereocenters. The fourth-order valence-electron chi connectivity index (χ4n) is 2.65. The van der Waals surface area contributed by atoms with Crippen LogP contribution in [0.2, 0.25) is 10.0 Å². The van der Waals surface area contributed by atoms with Crippen molar-refractivity contribution >= 4 is 23.2 Å². The molecule has 2 nitrogen and oxygen atoms in total. The minimum absolute atomic E-state index is 0.313. The lowest BCUT2D eigenvalue weighted by molar-refractivity contribution is 0.200. The summed E-state index contributed by atoms with van der Waals surface area (Å²) in [6, 6.07) is 6.80. The molecular weight excluding hydrogens is 279 g/mol. The zero-order valence-corrected chi connectivity index (χ0v) is 13.1. The van der Waals surface area contributed by atoms with Crippen LogP contribution in [-0.4, -0.2) is 30.6 Å². The van der Waals surface area contributed by atoms with Crippen molar-refractivity contribution in [2.75, 3.05) is 19.6 Å². The number of halogens is 2. The summed E-state index contributed by atoms with van der Waals surface area (Å²) < 4.78 is 0. The molecule has 1 aromatic rings. The molecule has 0 saturated carbocycles. The van der Waals surface area contributed by atoms with Crippen LogP contribution in [0.15, 0.2) is 18.2 Å². The maximum atomic E-state index is 6.07. The van der Waals surface area contributed by atoms with Crippen molar-refractivity contribution in [1.82, 2.24) is 10.2 Å². The van der Waals surface area contributed by atoms with E-state index in [1.165, 1.54) is 31.5 Å². The lowest BCUT2D eigenvalue weighted by Gasteiger charge is -2.33. The van der Waals surface area contributed by atoms with Gasteiger partial charge >= 0.3 is 0 Å². The molecule has 1 heterocycles. The minimum atomic E-state index is 0.313. The van der Waals surface area contributed by atoms with Gasteiger partial charge in [0.15, 0.2) is 0 Å². The predicted molar refractivity (Wildman–Crippen MR) is 83.1 cm³/mol. The second kappa shape index (κ2) is 6.94. The average Bonchev–Trinajstić information content (AvgIpc) is 2.42. The van der Waals surface area contributed by atoms with Gasteiger partial charge in [0.05, 0.1) is 10.0 Å². The highest BCUT2D eigenvalue weighted by atomic mass is 35.5. The van der Waals surface area contributed by atoms with Crippen LogP contribution in [0.5, 0.6) is 0 Å². The second-order valence-corrected chi connectivity index (χ2v) is 6.08. The van der Waals surface area contributed by atoms with E-state index in [4.69, 9.17) is 23.2 Å². The lowest BCUT2D eigenvalue weighted by Crippen LogP contribution is -2.43. The number of hydrogen-bond donors (Lipinski definition) is 1. The molecule has 2 rings (SSSR count). The first-order valence-corrected chi connectivity index (χ1v) is 7.79. The third-order valence-corrected chi connectivity index (χ3v) is 4.70. The number of rotatable bonds is 4. The van der Waals surface area contributed by atoms with Gasteiger partial charge in [-0.2, -0.15) is 0 Å². The summed E-state index contributed by atoms with van der Waals surface area (Å²) in [5, 5.41) is 4.95. The monoisotopic (exact) mass is 300 g/mol. The second-order valence-electron chi connectivity index (χ2n) is 5.27. The van der Waals surface area contributed by atoms with E-state index in [0.29, 0.717) is 22.1 Å².